The molecule has 1 aliphatic rings. The fourth-order valence-corrected chi connectivity index (χ4v) is 4.90. The molecule has 5 rings (SSSR count). The minimum atomic E-state index is -0.703. The SMILES string of the molecule is O=C(OCC(=O)N1c2ccccc2CCc2ccccc21)c1ccccc1C(=O)c1cccs1. The molecule has 0 atom stereocenters. The van der Waals surface area contributed by atoms with E-state index in [1.807, 2.05) is 53.9 Å². The lowest BCUT2D eigenvalue weighted by Crippen LogP contribution is -2.31. The predicted molar refractivity (Wildman–Crippen MR) is 132 cm³/mol. The molecule has 0 fully saturated rings. The molecular weight excluding hydrogens is 446 g/mol. The summed E-state index contributed by atoms with van der Waals surface area (Å²) in [7, 11) is 0. The Labute approximate surface area is 201 Å². The number of carbonyl (C=O) groups is 3. The lowest BCUT2D eigenvalue weighted by atomic mass is 10.0. The summed E-state index contributed by atoms with van der Waals surface area (Å²) >= 11 is 1.31. The van der Waals surface area contributed by atoms with Crippen molar-refractivity contribution in [3.63, 3.8) is 0 Å². The Morgan fingerprint density at radius 1 is 0.735 bits per heavy atom. The average Bonchev–Trinajstić information content (AvgIpc) is 3.36. The highest BCUT2D eigenvalue weighted by Crippen LogP contribution is 2.36. The number of ether oxygens (including phenoxy) is 1. The number of nitrogens with zero attached hydrogens (tertiary/aromatic N) is 1. The summed E-state index contributed by atoms with van der Waals surface area (Å²) in [5.41, 5.74) is 4.11. The number of rotatable bonds is 5. The van der Waals surface area contributed by atoms with Crippen LogP contribution in [0.25, 0.3) is 0 Å². The number of anilines is 2. The van der Waals surface area contributed by atoms with Gasteiger partial charge in [-0.1, -0.05) is 60.7 Å². The van der Waals surface area contributed by atoms with Gasteiger partial charge in [0.2, 0.25) is 5.78 Å². The van der Waals surface area contributed by atoms with E-state index in [2.05, 4.69) is 0 Å². The van der Waals surface area contributed by atoms with Crippen LogP contribution in [0.5, 0.6) is 0 Å². The van der Waals surface area contributed by atoms with Crippen molar-refractivity contribution in [1.29, 1.82) is 0 Å². The van der Waals surface area contributed by atoms with Crippen molar-refractivity contribution in [3.05, 3.63) is 117 Å². The first-order valence-corrected chi connectivity index (χ1v) is 11.8. The van der Waals surface area contributed by atoms with Gasteiger partial charge in [-0.2, -0.15) is 0 Å². The first kappa shape index (κ1) is 21.8. The minimum absolute atomic E-state index is 0.144. The van der Waals surface area contributed by atoms with Crippen LogP contribution < -0.4 is 4.90 Å². The van der Waals surface area contributed by atoms with Crippen LogP contribution in [0, 0.1) is 0 Å². The standard InChI is InChI=1S/C28H21NO4S/c30-26(29-23-12-5-1-8-19(23)15-16-20-9-2-6-13-24(20)29)18-33-28(32)22-11-4-3-10-21(22)27(31)25-14-7-17-34-25/h1-14,17H,15-16,18H2. The number of para-hydroxylation sites is 2. The highest BCUT2D eigenvalue weighted by Gasteiger charge is 2.27. The molecule has 34 heavy (non-hydrogen) atoms. The quantitative estimate of drug-likeness (QED) is 0.283. The second-order valence-electron chi connectivity index (χ2n) is 7.91. The Morgan fingerprint density at radius 3 is 1.94 bits per heavy atom. The second kappa shape index (κ2) is 9.45. The molecule has 0 saturated heterocycles. The number of hydrogen-bond acceptors (Lipinski definition) is 5. The lowest BCUT2D eigenvalue weighted by molar-refractivity contribution is -0.120. The second-order valence-corrected chi connectivity index (χ2v) is 8.86. The molecular formula is C28H21NO4S. The van der Waals surface area contributed by atoms with Crippen LogP contribution in [-0.4, -0.2) is 24.3 Å². The number of esters is 1. The van der Waals surface area contributed by atoms with Crippen LogP contribution in [0.3, 0.4) is 0 Å². The van der Waals surface area contributed by atoms with Gasteiger partial charge < -0.3 is 4.74 Å². The summed E-state index contributed by atoms with van der Waals surface area (Å²) in [4.78, 5) is 41.4. The smallest absolute Gasteiger partial charge is 0.339 e. The number of amides is 1. The van der Waals surface area contributed by atoms with Crippen LogP contribution in [0.1, 0.15) is 36.7 Å². The van der Waals surface area contributed by atoms with Crippen molar-refractivity contribution in [2.75, 3.05) is 11.5 Å². The minimum Gasteiger partial charge on any atom is -0.452 e. The molecule has 3 aromatic carbocycles. The monoisotopic (exact) mass is 467 g/mol. The normalized spacial score (nSPS) is 12.3. The number of ketones is 1. The van der Waals surface area contributed by atoms with Gasteiger partial charge in [-0.15, -0.1) is 11.3 Å². The van der Waals surface area contributed by atoms with Crippen LogP contribution in [0.2, 0.25) is 0 Å². The molecule has 0 unspecified atom stereocenters. The molecule has 6 heteroatoms. The summed E-state index contributed by atoms with van der Waals surface area (Å²) < 4.78 is 5.44. The predicted octanol–water partition coefficient (Wildman–Crippen LogP) is 5.60. The molecule has 168 valence electrons. The zero-order valence-electron chi connectivity index (χ0n) is 18.3. The van der Waals surface area contributed by atoms with Crippen molar-refractivity contribution in [1.82, 2.24) is 0 Å². The maximum absolute atomic E-state index is 13.4. The summed E-state index contributed by atoms with van der Waals surface area (Å²) in [5.74, 6) is -1.30. The zero-order valence-corrected chi connectivity index (χ0v) is 19.1. The maximum Gasteiger partial charge on any atom is 0.339 e. The van der Waals surface area contributed by atoms with Crippen molar-refractivity contribution in [3.8, 4) is 0 Å². The number of carbonyl (C=O) groups excluding carboxylic acids is 3. The number of aryl methyl sites for hydroxylation is 2. The first-order chi connectivity index (χ1) is 16.6. The third-order valence-electron chi connectivity index (χ3n) is 5.84. The summed E-state index contributed by atoms with van der Waals surface area (Å²) in [6.07, 6.45) is 1.63. The summed E-state index contributed by atoms with van der Waals surface area (Å²) in [5, 5.41) is 1.81. The molecule has 0 aliphatic carbocycles. The number of thiophene rings is 1. The van der Waals surface area contributed by atoms with E-state index in [0.29, 0.717) is 4.88 Å². The number of hydrogen-bond donors (Lipinski definition) is 0. The molecule has 1 aliphatic heterocycles. The molecule has 1 aromatic heterocycles. The van der Waals surface area contributed by atoms with Gasteiger partial charge in [0.25, 0.3) is 5.91 Å². The molecule has 0 bridgehead atoms. The van der Waals surface area contributed by atoms with E-state index in [4.69, 9.17) is 4.74 Å². The fourth-order valence-electron chi connectivity index (χ4n) is 4.22. The van der Waals surface area contributed by atoms with E-state index in [9.17, 15) is 14.4 Å². The molecule has 1 amide bonds. The number of fused-ring (bicyclic) bond motifs is 2. The fraction of sp³-hybridized carbons (Fsp3) is 0.107. The molecule has 0 saturated carbocycles. The highest BCUT2D eigenvalue weighted by atomic mass is 32.1. The topological polar surface area (TPSA) is 63.7 Å². The van der Waals surface area contributed by atoms with Gasteiger partial charge in [-0.05, 0) is 53.6 Å². The largest absolute Gasteiger partial charge is 0.452 e. The van der Waals surface area contributed by atoms with Gasteiger partial charge >= 0.3 is 5.97 Å². The molecule has 0 N–H and O–H groups in total. The van der Waals surface area contributed by atoms with E-state index in [1.165, 1.54) is 11.3 Å². The number of benzene rings is 3. The Morgan fingerprint density at radius 2 is 1.32 bits per heavy atom. The van der Waals surface area contributed by atoms with E-state index >= 15 is 0 Å². The van der Waals surface area contributed by atoms with Gasteiger partial charge in [-0.3, -0.25) is 14.5 Å². The van der Waals surface area contributed by atoms with E-state index in [1.54, 1.807) is 41.3 Å². The molecule has 0 radical (unpaired) electrons. The van der Waals surface area contributed by atoms with Gasteiger partial charge in [0.15, 0.2) is 6.61 Å². The first-order valence-electron chi connectivity index (χ1n) is 11.0. The van der Waals surface area contributed by atoms with Gasteiger partial charge in [0.1, 0.15) is 0 Å². The van der Waals surface area contributed by atoms with Gasteiger partial charge in [0.05, 0.1) is 21.8 Å². The maximum atomic E-state index is 13.4. The molecule has 2 heterocycles. The van der Waals surface area contributed by atoms with Gasteiger partial charge in [0, 0.05) is 5.56 Å². The van der Waals surface area contributed by atoms with Crippen LogP contribution in [0.15, 0.2) is 90.3 Å². The van der Waals surface area contributed by atoms with Crippen LogP contribution >= 0.6 is 11.3 Å². The van der Waals surface area contributed by atoms with E-state index < -0.39 is 12.6 Å². The Kier molecular flexibility index (Phi) is 6.06. The molecule has 4 aromatic rings. The third-order valence-corrected chi connectivity index (χ3v) is 6.71. The van der Waals surface area contributed by atoms with Crippen molar-refractivity contribution >= 4 is 40.4 Å². The summed E-state index contributed by atoms with van der Waals surface area (Å²) in [6, 6.07) is 25.6. The van der Waals surface area contributed by atoms with Gasteiger partial charge in [-0.25, -0.2) is 4.79 Å². The molecule has 5 nitrogen and oxygen atoms in total. The van der Waals surface area contributed by atoms with Crippen molar-refractivity contribution in [2.24, 2.45) is 0 Å². The zero-order chi connectivity index (χ0) is 23.5. The Balaban J connectivity index is 1.40. The van der Waals surface area contributed by atoms with E-state index in [0.717, 1.165) is 35.3 Å². The highest BCUT2D eigenvalue weighted by molar-refractivity contribution is 7.12. The van der Waals surface area contributed by atoms with Crippen LogP contribution in [-0.2, 0) is 22.4 Å². The third kappa shape index (κ3) is 4.16. The average molecular weight is 468 g/mol. The lowest BCUT2D eigenvalue weighted by Gasteiger charge is -2.24. The van der Waals surface area contributed by atoms with Crippen molar-refractivity contribution < 1.29 is 19.1 Å². The summed E-state index contributed by atoms with van der Waals surface area (Å²) in [6.45, 7) is -0.441. The van der Waals surface area contributed by atoms with E-state index in [-0.39, 0.29) is 22.8 Å². The molecule has 0 spiro atoms. The Bertz CT molecular complexity index is 1330. The van der Waals surface area contributed by atoms with Crippen LogP contribution in [0.4, 0.5) is 11.4 Å². The Hall–Kier alpha value is -4.03. The van der Waals surface area contributed by atoms with Crippen molar-refractivity contribution in [2.45, 2.75) is 12.8 Å².